The molecule has 0 aliphatic rings. The Balaban J connectivity index is 1.66. The maximum atomic E-state index is 12.7. The van der Waals surface area contributed by atoms with Crippen molar-refractivity contribution in [1.29, 1.82) is 0 Å². The predicted octanol–water partition coefficient (Wildman–Crippen LogP) is 6.98. The quantitative estimate of drug-likeness (QED) is 0.338. The fourth-order valence-electron chi connectivity index (χ4n) is 2.94. The van der Waals surface area contributed by atoms with Gasteiger partial charge >= 0.3 is 12.1 Å². The van der Waals surface area contributed by atoms with Crippen molar-refractivity contribution in [1.82, 2.24) is 4.98 Å². The summed E-state index contributed by atoms with van der Waals surface area (Å²) in [6.45, 7) is 6.22. The highest BCUT2D eigenvalue weighted by molar-refractivity contribution is 7.15. The highest BCUT2D eigenvalue weighted by atomic mass is 32.1. The normalized spacial score (nSPS) is 11.6. The first-order valence-corrected chi connectivity index (χ1v) is 11.0. The van der Waals surface area contributed by atoms with Gasteiger partial charge in [0, 0.05) is 12.0 Å². The van der Waals surface area contributed by atoms with Crippen LogP contribution in [0.4, 0.5) is 13.2 Å². The second-order valence-electron chi connectivity index (χ2n) is 7.50. The molecule has 0 N–H and O–H groups in total. The minimum atomic E-state index is -4.35. The number of esters is 1. The summed E-state index contributed by atoms with van der Waals surface area (Å²) in [7, 11) is 0. The van der Waals surface area contributed by atoms with Gasteiger partial charge in [-0.2, -0.15) is 13.2 Å². The summed E-state index contributed by atoms with van der Waals surface area (Å²) in [6, 6.07) is 12.3. The van der Waals surface area contributed by atoms with E-state index in [9.17, 15) is 18.0 Å². The van der Waals surface area contributed by atoms with Crippen LogP contribution >= 0.6 is 11.3 Å². The van der Waals surface area contributed by atoms with Gasteiger partial charge in [-0.1, -0.05) is 32.9 Å². The maximum absolute atomic E-state index is 12.7. The number of benzene rings is 2. The van der Waals surface area contributed by atoms with Crippen LogP contribution in [0.15, 0.2) is 48.5 Å². The molecular weight excluding hydrogens is 439 g/mol. The van der Waals surface area contributed by atoms with Crippen LogP contribution < -0.4 is 4.74 Å². The van der Waals surface area contributed by atoms with Gasteiger partial charge in [0.1, 0.15) is 24.0 Å². The van der Waals surface area contributed by atoms with E-state index in [0.29, 0.717) is 17.7 Å². The Bertz CT molecular complexity index is 1040. The number of rotatable bonds is 8. The van der Waals surface area contributed by atoms with Crippen LogP contribution in [0.1, 0.15) is 54.8 Å². The van der Waals surface area contributed by atoms with Crippen molar-refractivity contribution < 1.29 is 27.4 Å². The van der Waals surface area contributed by atoms with E-state index in [1.165, 1.54) is 23.5 Å². The number of carbonyl (C=O) groups is 1. The van der Waals surface area contributed by atoms with E-state index in [-0.39, 0.29) is 25.1 Å². The molecule has 0 saturated carbocycles. The topological polar surface area (TPSA) is 48.4 Å². The number of hydrogen-bond donors (Lipinski definition) is 0. The van der Waals surface area contributed by atoms with Crippen molar-refractivity contribution in [2.24, 2.45) is 0 Å². The molecule has 3 aromatic rings. The van der Waals surface area contributed by atoms with E-state index in [1.54, 1.807) is 19.1 Å². The van der Waals surface area contributed by atoms with Gasteiger partial charge in [0.05, 0.1) is 16.1 Å². The molecule has 1 aromatic heterocycles. The Kier molecular flexibility index (Phi) is 7.56. The van der Waals surface area contributed by atoms with E-state index in [1.807, 2.05) is 26.0 Å². The first kappa shape index (κ1) is 23.8. The monoisotopic (exact) mass is 463 g/mol. The van der Waals surface area contributed by atoms with Gasteiger partial charge in [-0.3, -0.25) is 4.79 Å². The number of aromatic nitrogens is 1. The molecule has 0 saturated heterocycles. The lowest BCUT2D eigenvalue weighted by Gasteiger charge is -2.09. The van der Waals surface area contributed by atoms with Crippen molar-refractivity contribution in [2.75, 3.05) is 0 Å². The van der Waals surface area contributed by atoms with Crippen LogP contribution in [0.5, 0.6) is 5.75 Å². The first-order chi connectivity index (χ1) is 15.2. The Hall–Kier alpha value is -2.87. The standard InChI is InChI=1S/C24H24F3NO3S/c1-4-21(29)31-14-20-22(15(2)3)28-23(32-20)17-7-11-19(12-8-17)30-13-16-5-9-18(10-6-16)24(25,26)27/h5-12,15H,4,13-14H2,1-3H3. The third kappa shape index (κ3) is 6.09. The van der Waals surface area contributed by atoms with Crippen molar-refractivity contribution in [3.05, 3.63) is 70.2 Å². The van der Waals surface area contributed by atoms with Crippen molar-refractivity contribution in [3.8, 4) is 16.3 Å². The number of nitrogens with zero attached hydrogens (tertiary/aromatic N) is 1. The molecule has 8 heteroatoms. The summed E-state index contributed by atoms with van der Waals surface area (Å²) < 4.78 is 49.0. The molecule has 3 rings (SSSR count). The van der Waals surface area contributed by atoms with Crippen molar-refractivity contribution in [3.63, 3.8) is 0 Å². The van der Waals surface area contributed by atoms with Gasteiger partial charge in [-0.05, 0) is 47.9 Å². The average Bonchev–Trinajstić information content (AvgIpc) is 3.20. The first-order valence-electron chi connectivity index (χ1n) is 10.2. The molecule has 0 unspecified atom stereocenters. The Morgan fingerprint density at radius 2 is 1.69 bits per heavy atom. The molecule has 32 heavy (non-hydrogen) atoms. The van der Waals surface area contributed by atoms with E-state index < -0.39 is 11.7 Å². The summed E-state index contributed by atoms with van der Waals surface area (Å²) in [4.78, 5) is 17.2. The minimum Gasteiger partial charge on any atom is -0.489 e. The molecular formula is C24H24F3NO3S. The molecule has 0 bridgehead atoms. The number of alkyl halides is 3. The number of ether oxygens (including phenoxy) is 2. The highest BCUT2D eigenvalue weighted by Crippen LogP contribution is 2.33. The zero-order valence-corrected chi connectivity index (χ0v) is 18.8. The molecule has 4 nitrogen and oxygen atoms in total. The van der Waals surface area contributed by atoms with E-state index in [2.05, 4.69) is 0 Å². The number of hydrogen-bond acceptors (Lipinski definition) is 5. The van der Waals surface area contributed by atoms with Crippen LogP contribution in [-0.2, 0) is 28.9 Å². The molecule has 0 aliphatic heterocycles. The molecule has 0 atom stereocenters. The van der Waals surface area contributed by atoms with Crippen LogP contribution in [0, 0.1) is 0 Å². The maximum Gasteiger partial charge on any atom is 0.416 e. The Labute approximate surface area is 189 Å². The van der Waals surface area contributed by atoms with Crippen molar-refractivity contribution >= 4 is 17.3 Å². The summed E-state index contributed by atoms with van der Waals surface area (Å²) in [5.41, 5.74) is 1.79. The third-order valence-electron chi connectivity index (χ3n) is 4.72. The average molecular weight is 464 g/mol. The molecule has 0 spiro atoms. The van der Waals surface area contributed by atoms with Gasteiger partial charge in [-0.15, -0.1) is 11.3 Å². The third-order valence-corrected chi connectivity index (χ3v) is 5.81. The predicted molar refractivity (Wildman–Crippen MR) is 118 cm³/mol. The largest absolute Gasteiger partial charge is 0.489 e. The van der Waals surface area contributed by atoms with Crippen LogP contribution in [-0.4, -0.2) is 11.0 Å². The summed E-state index contributed by atoms with van der Waals surface area (Å²) in [5, 5.41) is 0.825. The number of halogens is 3. The lowest BCUT2D eigenvalue weighted by Crippen LogP contribution is -2.05. The molecule has 1 heterocycles. The van der Waals surface area contributed by atoms with Gasteiger partial charge in [-0.25, -0.2) is 4.98 Å². The van der Waals surface area contributed by atoms with E-state index in [0.717, 1.165) is 33.3 Å². The molecule has 170 valence electrons. The molecule has 0 radical (unpaired) electrons. The van der Waals surface area contributed by atoms with E-state index in [4.69, 9.17) is 14.5 Å². The summed E-state index contributed by atoms with van der Waals surface area (Å²) in [6.07, 6.45) is -4.02. The fourth-order valence-corrected chi connectivity index (χ4v) is 4.08. The minimum absolute atomic E-state index is 0.166. The molecule has 0 amide bonds. The van der Waals surface area contributed by atoms with Gasteiger partial charge < -0.3 is 9.47 Å². The second kappa shape index (κ2) is 10.2. The van der Waals surface area contributed by atoms with Crippen LogP contribution in [0.3, 0.4) is 0 Å². The summed E-state index contributed by atoms with van der Waals surface area (Å²) >= 11 is 1.49. The number of carbonyl (C=O) groups excluding carboxylic acids is 1. The molecule has 0 fully saturated rings. The summed E-state index contributed by atoms with van der Waals surface area (Å²) in [5.74, 6) is 0.553. The van der Waals surface area contributed by atoms with Crippen molar-refractivity contribution in [2.45, 2.75) is 52.5 Å². The van der Waals surface area contributed by atoms with Gasteiger partial charge in [0.25, 0.3) is 0 Å². The van der Waals surface area contributed by atoms with E-state index >= 15 is 0 Å². The lowest BCUT2D eigenvalue weighted by molar-refractivity contribution is -0.144. The fraction of sp³-hybridized carbons (Fsp3) is 0.333. The smallest absolute Gasteiger partial charge is 0.416 e. The van der Waals surface area contributed by atoms with Crippen LogP contribution in [0.2, 0.25) is 0 Å². The van der Waals surface area contributed by atoms with Gasteiger partial charge in [0.2, 0.25) is 0 Å². The lowest BCUT2D eigenvalue weighted by atomic mass is 10.1. The molecule has 0 aliphatic carbocycles. The number of thiazole rings is 1. The Morgan fingerprint density at radius 1 is 1.03 bits per heavy atom. The second-order valence-corrected chi connectivity index (χ2v) is 8.59. The van der Waals surface area contributed by atoms with Gasteiger partial charge in [0.15, 0.2) is 0 Å². The SMILES string of the molecule is CCC(=O)OCc1sc(-c2ccc(OCc3ccc(C(F)(F)F)cc3)cc2)nc1C(C)C. The highest BCUT2D eigenvalue weighted by Gasteiger charge is 2.29. The molecule has 2 aromatic carbocycles. The zero-order chi connectivity index (χ0) is 23.3. The van der Waals surface area contributed by atoms with Crippen LogP contribution in [0.25, 0.3) is 10.6 Å². The Morgan fingerprint density at radius 3 is 2.25 bits per heavy atom. The zero-order valence-electron chi connectivity index (χ0n) is 18.0.